The largest absolute Gasteiger partial charge is 0.494 e. The van der Waals surface area contributed by atoms with Gasteiger partial charge in [0.2, 0.25) is 0 Å². The second-order valence-corrected chi connectivity index (χ2v) is 6.01. The molecule has 0 fully saturated rings. The minimum Gasteiger partial charge on any atom is -0.494 e. The van der Waals surface area contributed by atoms with E-state index in [4.69, 9.17) is 14.2 Å². The normalized spacial score (nSPS) is 10.3. The molecule has 4 heteroatoms. The molecule has 0 bridgehead atoms. The Bertz CT molecular complexity index is 537. The molecule has 0 radical (unpaired) electrons. The van der Waals surface area contributed by atoms with E-state index < -0.39 is 0 Å². The number of rotatable bonds is 9. The zero-order valence-electron chi connectivity index (χ0n) is 12.8. The first-order valence-corrected chi connectivity index (χ1v) is 8.60. The fourth-order valence-corrected chi connectivity index (χ4v) is 2.27. The zero-order chi connectivity index (χ0) is 15.6. The smallest absolute Gasteiger partial charge is 0.119 e. The first kappa shape index (κ1) is 16.9. The quantitative estimate of drug-likeness (QED) is 0.432. The van der Waals surface area contributed by atoms with E-state index >= 15 is 0 Å². The Labute approximate surface area is 145 Å². The van der Waals surface area contributed by atoms with Crippen LogP contribution in [0.15, 0.2) is 48.5 Å². The molecule has 0 atom stereocenters. The summed E-state index contributed by atoms with van der Waals surface area (Å²) in [6.07, 6.45) is 1.95. The second-order valence-electron chi connectivity index (χ2n) is 4.76. The number of benzene rings is 2. The molecule has 3 nitrogen and oxygen atoms in total. The predicted molar refractivity (Wildman–Crippen MR) is 97.0 cm³/mol. The van der Waals surface area contributed by atoms with Gasteiger partial charge < -0.3 is 14.2 Å². The third-order valence-corrected chi connectivity index (χ3v) is 3.74. The maximum Gasteiger partial charge on any atom is 0.119 e. The van der Waals surface area contributed by atoms with Gasteiger partial charge >= 0.3 is 0 Å². The van der Waals surface area contributed by atoms with Crippen LogP contribution in [0.3, 0.4) is 0 Å². The van der Waals surface area contributed by atoms with Gasteiger partial charge in [0.1, 0.15) is 17.2 Å². The number of hydrogen-bond acceptors (Lipinski definition) is 3. The zero-order valence-corrected chi connectivity index (χ0v) is 14.9. The molecule has 0 heterocycles. The number of unbranched alkanes of at least 4 members (excludes halogenated alkanes) is 1. The summed E-state index contributed by atoms with van der Waals surface area (Å²) < 4.78 is 18.0. The van der Waals surface area contributed by atoms with Crippen molar-refractivity contribution < 1.29 is 14.2 Å². The molecular formula is C18H21IO3. The minimum atomic E-state index is 0.681. The monoisotopic (exact) mass is 412 g/mol. The molecule has 0 saturated carbocycles. The molecule has 0 aromatic heterocycles. The molecule has 0 saturated heterocycles. The van der Waals surface area contributed by atoms with Crippen LogP contribution < -0.4 is 14.2 Å². The Hall–Kier alpha value is -1.43. The van der Waals surface area contributed by atoms with Crippen molar-refractivity contribution in [3.05, 3.63) is 52.1 Å². The van der Waals surface area contributed by atoms with Gasteiger partial charge in [0.25, 0.3) is 0 Å². The van der Waals surface area contributed by atoms with E-state index in [1.165, 1.54) is 3.57 Å². The Morgan fingerprint density at radius 3 is 1.55 bits per heavy atom. The molecule has 0 spiro atoms. The van der Waals surface area contributed by atoms with Crippen LogP contribution in [0.2, 0.25) is 0 Å². The first-order valence-electron chi connectivity index (χ1n) is 7.52. The van der Waals surface area contributed by atoms with E-state index in [-0.39, 0.29) is 0 Å². The van der Waals surface area contributed by atoms with Gasteiger partial charge in [-0.1, -0.05) is 0 Å². The molecule has 2 aromatic rings. The van der Waals surface area contributed by atoms with Crippen molar-refractivity contribution in [3.63, 3.8) is 0 Å². The van der Waals surface area contributed by atoms with Gasteiger partial charge in [-0.2, -0.15) is 0 Å². The van der Waals surface area contributed by atoms with Gasteiger partial charge in [-0.25, -0.2) is 0 Å². The van der Waals surface area contributed by atoms with Crippen LogP contribution in [0.25, 0.3) is 0 Å². The van der Waals surface area contributed by atoms with Gasteiger partial charge in [-0.3, -0.25) is 0 Å². The Morgan fingerprint density at radius 1 is 0.682 bits per heavy atom. The minimum absolute atomic E-state index is 0.681. The van der Waals surface area contributed by atoms with Crippen molar-refractivity contribution >= 4 is 22.6 Å². The van der Waals surface area contributed by atoms with Crippen molar-refractivity contribution in [2.45, 2.75) is 19.8 Å². The molecule has 0 unspecified atom stereocenters. The van der Waals surface area contributed by atoms with E-state index in [0.717, 1.165) is 30.1 Å². The summed E-state index contributed by atoms with van der Waals surface area (Å²) in [5.41, 5.74) is 0. The molecule has 2 aromatic carbocycles. The molecule has 118 valence electrons. The molecule has 0 N–H and O–H groups in total. The summed E-state index contributed by atoms with van der Waals surface area (Å²) in [6.45, 7) is 4.07. The third kappa shape index (κ3) is 6.13. The predicted octanol–water partition coefficient (Wildman–Crippen LogP) is 4.93. The fourth-order valence-electron chi connectivity index (χ4n) is 1.91. The maximum atomic E-state index is 5.70. The van der Waals surface area contributed by atoms with E-state index in [0.29, 0.717) is 19.8 Å². The van der Waals surface area contributed by atoms with Crippen LogP contribution >= 0.6 is 22.6 Å². The van der Waals surface area contributed by atoms with Crippen molar-refractivity contribution in [1.29, 1.82) is 0 Å². The molecule has 22 heavy (non-hydrogen) atoms. The maximum absolute atomic E-state index is 5.70. The third-order valence-electron chi connectivity index (χ3n) is 3.02. The molecule has 0 aliphatic rings. The topological polar surface area (TPSA) is 27.7 Å². The van der Waals surface area contributed by atoms with E-state index in [2.05, 4.69) is 22.6 Å². The Kier molecular flexibility index (Phi) is 7.36. The highest BCUT2D eigenvalue weighted by atomic mass is 127. The summed E-state index contributed by atoms with van der Waals surface area (Å²) >= 11 is 2.28. The van der Waals surface area contributed by atoms with Crippen LogP contribution in [0, 0.1) is 3.57 Å². The number of hydrogen-bond donors (Lipinski definition) is 0. The average Bonchev–Trinajstić information content (AvgIpc) is 2.54. The summed E-state index contributed by atoms with van der Waals surface area (Å²) in [6, 6.07) is 15.8. The van der Waals surface area contributed by atoms with Crippen LogP contribution in [0.5, 0.6) is 17.2 Å². The fraction of sp³-hybridized carbons (Fsp3) is 0.333. The molecule has 0 amide bonds. The average molecular weight is 412 g/mol. The first-order chi connectivity index (χ1) is 10.8. The van der Waals surface area contributed by atoms with Gasteiger partial charge in [-0.05, 0) is 90.9 Å². The van der Waals surface area contributed by atoms with Crippen LogP contribution in [0.1, 0.15) is 19.8 Å². The van der Waals surface area contributed by atoms with Crippen molar-refractivity contribution in [3.8, 4) is 17.2 Å². The van der Waals surface area contributed by atoms with Crippen molar-refractivity contribution in [1.82, 2.24) is 0 Å². The lowest BCUT2D eigenvalue weighted by molar-refractivity contribution is 0.266. The number of ether oxygens (including phenoxy) is 3. The lowest BCUT2D eigenvalue weighted by Crippen LogP contribution is -2.02. The van der Waals surface area contributed by atoms with Gasteiger partial charge in [0, 0.05) is 3.57 Å². The van der Waals surface area contributed by atoms with E-state index in [9.17, 15) is 0 Å². The lowest BCUT2D eigenvalue weighted by Gasteiger charge is -2.08. The van der Waals surface area contributed by atoms with Crippen LogP contribution in [0.4, 0.5) is 0 Å². The SMILES string of the molecule is CCOc1ccc(OCCCCOc2ccc(I)cc2)cc1. The molecular weight excluding hydrogens is 391 g/mol. The summed E-state index contributed by atoms with van der Waals surface area (Å²) in [5.74, 6) is 2.68. The Morgan fingerprint density at radius 2 is 1.09 bits per heavy atom. The highest BCUT2D eigenvalue weighted by Gasteiger charge is 1.97. The Balaban J connectivity index is 1.58. The highest BCUT2D eigenvalue weighted by molar-refractivity contribution is 14.1. The van der Waals surface area contributed by atoms with E-state index in [1.54, 1.807) is 0 Å². The van der Waals surface area contributed by atoms with E-state index in [1.807, 2.05) is 55.5 Å². The lowest BCUT2D eigenvalue weighted by atomic mass is 10.3. The van der Waals surface area contributed by atoms with Crippen LogP contribution in [-0.4, -0.2) is 19.8 Å². The highest BCUT2D eigenvalue weighted by Crippen LogP contribution is 2.18. The summed E-state index contributed by atoms with van der Waals surface area (Å²) in [5, 5.41) is 0. The summed E-state index contributed by atoms with van der Waals surface area (Å²) in [4.78, 5) is 0. The van der Waals surface area contributed by atoms with Gasteiger partial charge in [0.15, 0.2) is 0 Å². The molecule has 0 aliphatic carbocycles. The number of halogens is 1. The van der Waals surface area contributed by atoms with Crippen molar-refractivity contribution in [2.24, 2.45) is 0 Å². The van der Waals surface area contributed by atoms with Gasteiger partial charge in [0.05, 0.1) is 19.8 Å². The van der Waals surface area contributed by atoms with Crippen molar-refractivity contribution in [2.75, 3.05) is 19.8 Å². The standard InChI is InChI=1S/C18H21IO3/c1-2-20-16-9-11-18(12-10-16)22-14-4-3-13-21-17-7-5-15(19)6-8-17/h5-12H,2-4,13-14H2,1H3. The summed E-state index contributed by atoms with van der Waals surface area (Å²) in [7, 11) is 0. The van der Waals surface area contributed by atoms with Crippen LogP contribution in [-0.2, 0) is 0 Å². The molecule has 0 aliphatic heterocycles. The molecule has 2 rings (SSSR count). The second kappa shape index (κ2) is 9.56. The van der Waals surface area contributed by atoms with Gasteiger partial charge in [-0.15, -0.1) is 0 Å².